The number of β-amino-alcohol motifs (C(OH)–C–C–N with tert-alkyl or cyclic N) is 1. The molecule has 1 aliphatic heterocycles. The van der Waals surface area contributed by atoms with E-state index >= 15 is 0 Å². The van der Waals surface area contributed by atoms with E-state index in [0.29, 0.717) is 6.61 Å². The molecule has 130 valence electrons. The topological polar surface area (TPSA) is 74.3 Å². The van der Waals surface area contributed by atoms with Crippen LogP contribution in [0.25, 0.3) is 22.6 Å². The third-order valence-electron chi connectivity index (χ3n) is 4.35. The highest BCUT2D eigenvalue weighted by Crippen LogP contribution is 2.23. The molecule has 0 spiro atoms. The third kappa shape index (κ3) is 3.84. The van der Waals surface area contributed by atoms with Gasteiger partial charge >= 0.3 is 0 Å². The average Bonchev–Trinajstić information content (AvgIpc) is 3.21. The maximum absolute atomic E-state index is 9.52. The lowest BCUT2D eigenvalue weighted by Gasteiger charge is -2.15. The number of aromatic nitrogens is 3. The number of likely N-dealkylation sites (tertiary alicyclic amines) is 1. The molecule has 2 N–H and O–H groups in total. The van der Waals surface area contributed by atoms with Gasteiger partial charge in [-0.1, -0.05) is 0 Å². The van der Waals surface area contributed by atoms with Crippen molar-refractivity contribution in [1.82, 2.24) is 19.9 Å². The van der Waals surface area contributed by atoms with Crippen molar-refractivity contribution in [3.05, 3.63) is 41.0 Å². The maximum atomic E-state index is 9.52. The molecule has 0 bridgehead atoms. The lowest BCUT2D eigenvalue weighted by molar-refractivity contribution is 0.167. The number of halogens is 1. The van der Waals surface area contributed by atoms with E-state index in [-0.39, 0.29) is 6.10 Å². The number of nitrogens with one attached hydrogen (secondary N) is 1. The lowest BCUT2D eigenvalue weighted by Crippen LogP contribution is -2.27. The van der Waals surface area contributed by atoms with Gasteiger partial charge in [-0.25, -0.2) is 9.97 Å². The molecule has 1 aliphatic rings. The van der Waals surface area contributed by atoms with Gasteiger partial charge in [0.25, 0.3) is 0 Å². The zero-order valence-electron chi connectivity index (χ0n) is 13.7. The molecule has 7 heteroatoms. The van der Waals surface area contributed by atoms with Gasteiger partial charge in [-0.2, -0.15) is 0 Å². The highest BCUT2D eigenvalue weighted by molar-refractivity contribution is 9.10. The Kier molecular flexibility index (Phi) is 4.70. The summed E-state index contributed by atoms with van der Waals surface area (Å²) in [5.41, 5.74) is 2.59. The van der Waals surface area contributed by atoms with E-state index in [1.807, 2.05) is 30.3 Å². The van der Waals surface area contributed by atoms with E-state index in [1.54, 1.807) is 6.20 Å². The van der Waals surface area contributed by atoms with E-state index in [9.17, 15) is 5.11 Å². The number of rotatable bonds is 5. The van der Waals surface area contributed by atoms with Crippen LogP contribution in [0.5, 0.6) is 5.75 Å². The van der Waals surface area contributed by atoms with Crippen LogP contribution in [-0.2, 0) is 0 Å². The molecule has 4 rings (SSSR count). The second kappa shape index (κ2) is 7.11. The molecule has 1 fully saturated rings. The molecule has 3 heterocycles. The largest absolute Gasteiger partial charge is 0.492 e. The van der Waals surface area contributed by atoms with Crippen LogP contribution in [0.1, 0.15) is 6.42 Å². The Labute approximate surface area is 154 Å². The van der Waals surface area contributed by atoms with Crippen molar-refractivity contribution >= 4 is 27.1 Å². The number of benzene rings is 1. The normalized spacial score (nSPS) is 18.1. The SMILES string of the molecule is OC1CCN(CCOc2ccc(-c3nc4cc(Br)cnc4[nH]3)cc2)C1. The van der Waals surface area contributed by atoms with Crippen molar-refractivity contribution in [3.63, 3.8) is 0 Å². The summed E-state index contributed by atoms with van der Waals surface area (Å²) in [7, 11) is 0. The summed E-state index contributed by atoms with van der Waals surface area (Å²) in [4.78, 5) is 14.3. The summed E-state index contributed by atoms with van der Waals surface area (Å²) in [6, 6.07) is 9.81. The average molecular weight is 403 g/mol. The third-order valence-corrected chi connectivity index (χ3v) is 4.79. The predicted molar refractivity (Wildman–Crippen MR) is 99.6 cm³/mol. The first-order valence-corrected chi connectivity index (χ1v) is 9.11. The van der Waals surface area contributed by atoms with E-state index in [1.165, 1.54) is 0 Å². The summed E-state index contributed by atoms with van der Waals surface area (Å²) in [6.07, 6.45) is 2.43. The first-order valence-electron chi connectivity index (χ1n) is 8.32. The van der Waals surface area contributed by atoms with Crippen LogP contribution in [0.3, 0.4) is 0 Å². The number of hydrogen-bond donors (Lipinski definition) is 2. The minimum absolute atomic E-state index is 0.182. The number of hydrogen-bond acceptors (Lipinski definition) is 5. The summed E-state index contributed by atoms with van der Waals surface area (Å²) in [5, 5.41) is 9.52. The number of H-pyrrole nitrogens is 1. The fourth-order valence-corrected chi connectivity index (χ4v) is 3.34. The number of pyridine rings is 1. The van der Waals surface area contributed by atoms with E-state index in [0.717, 1.165) is 58.8 Å². The Morgan fingerprint density at radius 2 is 2.16 bits per heavy atom. The van der Waals surface area contributed by atoms with Crippen LogP contribution >= 0.6 is 15.9 Å². The van der Waals surface area contributed by atoms with Gasteiger partial charge in [-0.05, 0) is 52.7 Å². The molecule has 0 amide bonds. The molecule has 0 saturated carbocycles. The predicted octanol–water partition coefficient (Wildman–Crippen LogP) is 2.83. The van der Waals surface area contributed by atoms with Crippen LogP contribution in [0.4, 0.5) is 0 Å². The summed E-state index contributed by atoms with van der Waals surface area (Å²) in [5.74, 6) is 1.62. The minimum Gasteiger partial charge on any atom is -0.492 e. The fraction of sp³-hybridized carbons (Fsp3) is 0.333. The van der Waals surface area contributed by atoms with E-state index in [2.05, 4.69) is 35.8 Å². The lowest BCUT2D eigenvalue weighted by atomic mass is 10.2. The Hall–Kier alpha value is -1.96. The summed E-state index contributed by atoms with van der Waals surface area (Å²) < 4.78 is 6.71. The zero-order valence-corrected chi connectivity index (χ0v) is 15.2. The summed E-state index contributed by atoms with van der Waals surface area (Å²) >= 11 is 3.41. The number of aromatic amines is 1. The van der Waals surface area contributed by atoms with Gasteiger partial charge in [-0.3, -0.25) is 4.90 Å². The van der Waals surface area contributed by atoms with Crippen LogP contribution in [0.2, 0.25) is 0 Å². The molecule has 25 heavy (non-hydrogen) atoms. The molecule has 3 aromatic rings. The van der Waals surface area contributed by atoms with Crippen molar-refractivity contribution in [1.29, 1.82) is 0 Å². The van der Waals surface area contributed by atoms with Gasteiger partial charge in [0, 0.05) is 35.9 Å². The smallest absolute Gasteiger partial charge is 0.157 e. The molecule has 1 saturated heterocycles. The summed E-state index contributed by atoms with van der Waals surface area (Å²) in [6.45, 7) is 3.15. The molecule has 2 aromatic heterocycles. The first-order chi connectivity index (χ1) is 12.2. The monoisotopic (exact) mass is 402 g/mol. The molecule has 1 aromatic carbocycles. The number of aliphatic hydroxyl groups excluding tert-OH is 1. The number of imidazole rings is 1. The Morgan fingerprint density at radius 1 is 1.32 bits per heavy atom. The molecule has 1 unspecified atom stereocenters. The maximum Gasteiger partial charge on any atom is 0.157 e. The van der Waals surface area contributed by atoms with Gasteiger partial charge in [0.2, 0.25) is 0 Å². The molecule has 6 nitrogen and oxygen atoms in total. The first kappa shape index (κ1) is 16.5. The van der Waals surface area contributed by atoms with E-state index < -0.39 is 0 Å². The highest BCUT2D eigenvalue weighted by Gasteiger charge is 2.19. The second-order valence-corrected chi connectivity index (χ2v) is 7.14. The minimum atomic E-state index is -0.182. The molecular weight excluding hydrogens is 384 g/mol. The van der Waals surface area contributed by atoms with Crippen molar-refractivity contribution in [2.75, 3.05) is 26.2 Å². The molecular formula is C18H19BrN4O2. The van der Waals surface area contributed by atoms with Crippen LogP contribution in [0.15, 0.2) is 41.0 Å². The van der Waals surface area contributed by atoms with Gasteiger partial charge in [-0.15, -0.1) is 0 Å². The number of ether oxygens (including phenoxy) is 1. The Morgan fingerprint density at radius 3 is 2.92 bits per heavy atom. The zero-order chi connectivity index (χ0) is 17.2. The van der Waals surface area contributed by atoms with Crippen molar-refractivity contribution in [2.24, 2.45) is 0 Å². The van der Waals surface area contributed by atoms with Gasteiger partial charge in [0.05, 0.1) is 6.10 Å². The second-order valence-electron chi connectivity index (χ2n) is 6.22. The fourth-order valence-electron chi connectivity index (χ4n) is 3.02. The molecule has 1 atom stereocenters. The van der Waals surface area contributed by atoms with Crippen molar-refractivity contribution in [3.8, 4) is 17.1 Å². The highest BCUT2D eigenvalue weighted by atomic mass is 79.9. The van der Waals surface area contributed by atoms with Gasteiger partial charge in [0.1, 0.15) is 23.7 Å². The Balaban J connectivity index is 1.39. The molecule has 0 aliphatic carbocycles. The number of aliphatic hydroxyl groups is 1. The van der Waals surface area contributed by atoms with Crippen LogP contribution < -0.4 is 4.74 Å². The van der Waals surface area contributed by atoms with E-state index in [4.69, 9.17) is 4.74 Å². The molecule has 0 radical (unpaired) electrons. The number of fused-ring (bicyclic) bond motifs is 1. The quantitative estimate of drug-likeness (QED) is 0.686. The van der Waals surface area contributed by atoms with Crippen molar-refractivity contribution in [2.45, 2.75) is 12.5 Å². The van der Waals surface area contributed by atoms with Crippen LogP contribution in [-0.4, -0.2) is 57.3 Å². The van der Waals surface area contributed by atoms with Crippen molar-refractivity contribution < 1.29 is 9.84 Å². The Bertz CT molecular complexity index is 865. The van der Waals surface area contributed by atoms with Gasteiger partial charge < -0.3 is 14.8 Å². The van der Waals surface area contributed by atoms with Crippen LogP contribution in [0, 0.1) is 0 Å². The van der Waals surface area contributed by atoms with Gasteiger partial charge in [0.15, 0.2) is 5.65 Å². The standard InChI is InChI=1S/C18H19BrN4O2/c19-13-9-16-18(20-10-13)22-17(21-16)12-1-3-15(4-2-12)25-8-7-23-6-5-14(24)11-23/h1-4,9-10,14,24H,5-8,11H2,(H,20,21,22). The number of nitrogens with zero attached hydrogens (tertiary/aromatic N) is 3.